The van der Waals surface area contributed by atoms with E-state index in [9.17, 15) is 4.79 Å². The standard InChI is InChI=1S/C20H32N4O3/c1-3-5-19(25)24-17-8-6-16(7-9-17)14-23-20(21-2)22-11-4-12-27-18-10-13-26-15-18/h6-9,18H,3-5,10-15H2,1-2H3,(H,24,25)(H2,21,22,23). The van der Waals surface area contributed by atoms with Crippen molar-refractivity contribution in [3.63, 3.8) is 0 Å². The SMILES string of the molecule is CCCC(=O)Nc1ccc(CNC(=NC)NCCCOC2CCOC2)cc1. The van der Waals surface area contributed by atoms with Crippen LogP contribution in [0.4, 0.5) is 5.69 Å². The number of ether oxygens (including phenoxy) is 2. The Labute approximate surface area is 161 Å². The van der Waals surface area contributed by atoms with Gasteiger partial charge in [-0.15, -0.1) is 0 Å². The van der Waals surface area contributed by atoms with Crippen LogP contribution in [-0.2, 0) is 20.8 Å². The molecule has 1 saturated heterocycles. The highest BCUT2D eigenvalue weighted by Gasteiger charge is 2.15. The smallest absolute Gasteiger partial charge is 0.224 e. The molecule has 0 spiro atoms. The van der Waals surface area contributed by atoms with Crippen LogP contribution in [0, 0.1) is 0 Å². The molecule has 0 aliphatic carbocycles. The van der Waals surface area contributed by atoms with Crippen molar-refractivity contribution in [3.8, 4) is 0 Å². The van der Waals surface area contributed by atoms with Gasteiger partial charge in [-0.05, 0) is 37.0 Å². The maximum absolute atomic E-state index is 11.6. The minimum atomic E-state index is 0.0532. The van der Waals surface area contributed by atoms with Crippen molar-refractivity contribution in [1.82, 2.24) is 10.6 Å². The third kappa shape index (κ3) is 8.41. The van der Waals surface area contributed by atoms with Gasteiger partial charge in [0.1, 0.15) is 0 Å². The van der Waals surface area contributed by atoms with Crippen molar-refractivity contribution in [3.05, 3.63) is 29.8 Å². The van der Waals surface area contributed by atoms with Crippen molar-refractivity contribution >= 4 is 17.6 Å². The summed E-state index contributed by atoms with van der Waals surface area (Å²) in [6, 6.07) is 7.84. The van der Waals surface area contributed by atoms with E-state index in [-0.39, 0.29) is 12.0 Å². The topological polar surface area (TPSA) is 84.0 Å². The first kappa shape index (κ1) is 21.2. The number of nitrogens with one attached hydrogen (secondary N) is 3. The summed E-state index contributed by atoms with van der Waals surface area (Å²) >= 11 is 0. The van der Waals surface area contributed by atoms with Crippen LogP contribution in [0.25, 0.3) is 0 Å². The van der Waals surface area contributed by atoms with Crippen LogP contribution < -0.4 is 16.0 Å². The molecule has 27 heavy (non-hydrogen) atoms. The quantitative estimate of drug-likeness (QED) is 0.331. The Morgan fingerprint density at radius 2 is 2.11 bits per heavy atom. The predicted molar refractivity (Wildman–Crippen MR) is 108 cm³/mol. The normalized spacial score (nSPS) is 17.0. The van der Waals surface area contributed by atoms with Crippen LogP contribution in [0.2, 0.25) is 0 Å². The Hall–Kier alpha value is -2.12. The highest BCUT2D eigenvalue weighted by Crippen LogP contribution is 2.10. The van der Waals surface area contributed by atoms with Gasteiger partial charge in [-0.1, -0.05) is 19.1 Å². The molecule has 1 heterocycles. The Morgan fingerprint density at radius 1 is 1.30 bits per heavy atom. The lowest BCUT2D eigenvalue weighted by molar-refractivity contribution is -0.116. The summed E-state index contributed by atoms with van der Waals surface area (Å²) in [7, 11) is 1.76. The molecule has 0 radical (unpaired) electrons. The molecule has 1 aliphatic rings. The molecule has 1 aromatic carbocycles. The molecule has 3 N–H and O–H groups in total. The number of hydrogen-bond donors (Lipinski definition) is 3. The number of amides is 1. The molecule has 0 aromatic heterocycles. The number of anilines is 1. The first-order chi connectivity index (χ1) is 13.2. The van der Waals surface area contributed by atoms with Gasteiger partial charge in [-0.3, -0.25) is 9.79 Å². The number of benzene rings is 1. The number of rotatable bonds is 10. The Kier molecular flexibility index (Phi) is 9.65. The van der Waals surface area contributed by atoms with Crippen molar-refractivity contribution in [2.45, 2.75) is 45.3 Å². The Balaban J connectivity index is 1.62. The van der Waals surface area contributed by atoms with Gasteiger partial charge in [0, 0.05) is 45.5 Å². The maximum atomic E-state index is 11.6. The van der Waals surface area contributed by atoms with E-state index in [0.717, 1.165) is 62.8 Å². The third-order valence-corrected chi connectivity index (χ3v) is 4.25. The Morgan fingerprint density at radius 3 is 2.78 bits per heavy atom. The fourth-order valence-corrected chi connectivity index (χ4v) is 2.74. The maximum Gasteiger partial charge on any atom is 0.224 e. The molecule has 0 bridgehead atoms. The second kappa shape index (κ2) is 12.3. The zero-order valence-electron chi connectivity index (χ0n) is 16.4. The molecule has 2 rings (SSSR count). The number of aliphatic imine (C=N–C) groups is 1. The first-order valence-electron chi connectivity index (χ1n) is 9.74. The second-order valence-electron chi connectivity index (χ2n) is 6.56. The molecule has 1 unspecified atom stereocenters. The average molecular weight is 377 g/mol. The highest BCUT2D eigenvalue weighted by molar-refractivity contribution is 5.90. The zero-order valence-corrected chi connectivity index (χ0v) is 16.4. The van der Waals surface area contributed by atoms with Crippen molar-refractivity contribution < 1.29 is 14.3 Å². The summed E-state index contributed by atoms with van der Waals surface area (Å²) in [5.74, 6) is 0.817. The molecule has 7 heteroatoms. The average Bonchev–Trinajstić information content (AvgIpc) is 3.19. The summed E-state index contributed by atoms with van der Waals surface area (Å²) in [5.41, 5.74) is 1.95. The van der Waals surface area contributed by atoms with Crippen LogP contribution in [-0.4, -0.2) is 51.4 Å². The molecular formula is C20H32N4O3. The fourth-order valence-electron chi connectivity index (χ4n) is 2.74. The van der Waals surface area contributed by atoms with Gasteiger partial charge >= 0.3 is 0 Å². The van der Waals surface area contributed by atoms with E-state index in [0.29, 0.717) is 13.0 Å². The summed E-state index contributed by atoms with van der Waals surface area (Å²) in [6.45, 7) is 5.72. The summed E-state index contributed by atoms with van der Waals surface area (Å²) < 4.78 is 11.0. The summed E-state index contributed by atoms with van der Waals surface area (Å²) in [6.07, 6.45) is 3.57. The van der Waals surface area contributed by atoms with E-state index in [2.05, 4.69) is 20.9 Å². The van der Waals surface area contributed by atoms with Gasteiger partial charge in [0.05, 0.1) is 12.7 Å². The molecule has 0 saturated carbocycles. The van der Waals surface area contributed by atoms with E-state index in [1.165, 1.54) is 0 Å². The molecular weight excluding hydrogens is 344 g/mol. The molecule has 1 aromatic rings. The van der Waals surface area contributed by atoms with E-state index in [1.54, 1.807) is 7.05 Å². The van der Waals surface area contributed by atoms with Crippen LogP contribution in [0.3, 0.4) is 0 Å². The van der Waals surface area contributed by atoms with Gasteiger partial charge in [0.25, 0.3) is 0 Å². The first-order valence-corrected chi connectivity index (χ1v) is 9.74. The lowest BCUT2D eigenvalue weighted by Crippen LogP contribution is -2.37. The van der Waals surface area contributed by atoms with E-state index < -0.39 is 0 Å². The predicted octanol–water partition coefficient (Wildman–Crippen LogP) is 2.29. The number of guanidine groups is 1. The van der Waals surface area contributed by atoms with Crippen molar-refractivity contribution in [2.24, 2.45) is 4.99 Å². The zero-order chi connectivity index (χ0) is 19.3. The van der Waals surface area contributed by atoms with E-state index in [4.69, 9.17) is 9.47 Å². The molecule has 150 valence electrons. The van der Waals surface area contributed by atoms with Crippen LogP contribution in [0.1, 0.15) is 38.2 Å². The third-order valence-electron chi connectivity index (χ3n) is 4.25. The second-order valence-corrected chi connectivity index (χ2v) is 6.56. The van der Waals surface area contributed by atoms with Gasteiger partial charge in [0.2, 0.25) is 5.91 Å². The number of carbonyl (C=O) groups is 1. The highest BCUT2D eigenvalue weighted by atomic mass is 16.5. The van der Waals surface area contributed by atoms with Crippen LogP contribution >= 0.6 is 0 Å². The van der Waals surface area contributed by atoms with Gasteiger partial charge in [-0.25, -0.2) is 0 Å². The van der Waals surface area contributed by atoms with Gasteiger partial charge in [0.15, 0.2) is 5.96 Å². The molecule has 1 amide bonds. The number of hydrogen-bond acceptors (Lipinski definition) is 4. The summed E-state index contributed by atoms with van der Waals surface area (Å²) in [5, 5.41) is 9.47. The van der Waals surface area contributed by atoms with Crippen LogP contribution in [0.15, 0.2) is 29.3 Å². The Bertz CT molecular complexity index is 583. The monoisotopic (exact) mass is 376 g/mol. The fraction of sp³-hybridized carbons (Fsp3) is 0.600. The lowest BCUT2D eigenvalue weighted by Gasteiger charge is -2.13. The van der Waals surface area contributed by atoms with Crippen molar-refractivity contribution in [2.75, 3.05) is 38.7 Å². The lowest BCUT2D eigenvalue weighted by atomic mass is 10.2. The van der Waals surface area contributed by atoms with Crippen LogP contribution in [0.5, 0.6) is 0 Å². The van der Waals surface area contributed by atoms with E-state index >= 15 is 0 Å². The van der Waals surface area contributed by atoms with Crippen molar-refractivity contribution in [1.29, 1.82) is 0 Å². The molecule has 7 nitrogen and oxygen atoms in total. The minimum Gasteiger partial charge on any atom is -0.379 e. The van der Waals surface area contributed by atoms with E-state index in [1.807, 2.05) is 31.2 Å². The molecule has 1 fully saturated rings. The largest absolute Gasteiger partial charge is 0.379 e. The molecule has 1 atom stereocenters. The number of nitrogens with zero attached hydrogens (tertiary/aromatic N) is 1. The van der Waals surface area contributed by atoms with Gasteiger partial charge in [-0.2, -0.15) is 0 Å². The minimum absolute atomic E-state index is 0.0532. The number of carbonyl (C=O) groups excluding carboxylic acids is 1. The molecule has 1 aliphatic heterocycles. The van der Waals surface area contributed by atoms with Gasteiger partial charge < -0.3 is 25.4 Å². The summed E-state index contributed by atoms with van der Waals surface area (Å²) in [4.78, 5) is 15.8.